The number of aromatic nitrogens is 3. The Morgan fingerprint density at radius 3 is 3.04 bits per heavy atom. The Hall–Kier alpha value is -2.63. The Kier molecular flexibility index (Phi) is 3.80. The molecule has 1 aromatic carbocycles. The first-order chi connectivity index (χ1) is 11.7. The second kappa shape index (κ2) is 6.11. The molecule has 24 heavy (non-hydrogen) atoms. The minimum absolute atomic E-state index is 0.0356. The van der Waals surface area contributed by atoms with Gasteiger partial charge in [-0.15, -0.1) is 10.2 Å². The topological polar surface area (TPSA) is 73.0 Å². The lowest BCUT2D eigenvalue weighted by molar-refractivity contribution is -0.122. The first kappa shape index (κ1) is 14.9. The molecule has 0 radical (unpaired) electrons. The molecule has 0 spiro atoms. The van der Waals surface area contributed by atoms with Crippen LogP contribution in [0.5, 0.6) is 0 Å². The second-order valence-corrected chi connectivity index (χ2v) is 6.33. The van der Waals surface area contributed by atoms with Gasteiger partial charge in [0.15, 0.2) is 0 Å². The number of hydrogen-bond donors (Lipinski definition) is 1. The maximum absolute atomic E-state index is 12.4. The smallest absolute Gasteiger partial charge is 0.230 e. The maximum Gasteiger partial charge on any atom is 0.230 e. The van der Waals surface area contributed by atoms with Gasteiger partial charge in [-0.3, -0.25) is 4.79 Å². The van der Waals surface area contributed by atoms with Crippen molar-refractivity contribution < 1.29 is 9.21 Å². The van der Waals surface area contributed by atoms with E-state index in [0.717, 1.165) is 16.8 Å². The number of para-hydroxylation sites is 1. The van der Waals surface area contributed by atoms with E-state index in [4.69, 9.17) is 4.42 Å². The van der Waals surface area contributed by atoms with Crippen LogP contribution in [0.4, 0.5) is 0 Å². The van der Waals surface area contributed by atoms with Gasteiger partial charge in [0.25, 0.3) is 0 Å². The van der Waals surface area contributed by atoms with E-state index in [1.165, 1.54) is 12.8 Å². The lowest BCUT2D eigenvalue weighted by Gasteiger charge is -2.10. The number of hydrogen-bond acceptors (Lipinski definition) is 4. The van der Waals surface area contributed by atoms with Crippen molar-refractivity contribution in [1.82, 2.24) is 20.1 Å². The minimum Gasteiger partial charge on any atom is -0.460 e. The van der Waals surface area contributed by atoms with Crippen molar-refractivity contribution in [2.24, 2.45) is 0 Å². The molecule has 1 aliphatic rings. The van der Waals surface area contributed by atoms with Gasteiger partial charge in [-0.1, -0.05) is 18.2 Å². The fraction of sp³-hybridized carbons (Fsp3) is 0.389. The quantitative estimate of drug-likeness (QED) is 0.757. The highest BCUT2D eigenvalue weighted by molar-refractivity contribution is 5.85. The molecule has 3 aromatic rings. The third-order valence-electron chi connectivity index (χ3n) is 4.50. The zero-order chi connectivity index (χ0) is 16.5. The summed E-state index contributed by atoms with van der Waals surface area (Å²) in [6.45, 7) is 2.41. The molecule has 1 fully saturated rings. The van der Waals surface area contributed by atoms with Gasteiger partial charge < -0.3 is 14.3 Å². The summed E-state index contributed by atoms with van der Waals surface area (Å²) in [7, 11) is 0. The van der Waals surface area contributed by atoms with Gasteiger partial charge in [0.1, 0.15) is 23.5 Å². The number of nitrogens with zero attached hydrogens (tertiary/aromatic N) is 3. The zero-order valence-electron chi connectivity index (χ0n) is 13.6. The van der Waals surface area contributed by atoms with E-state index in [1.54, 1.807) is 6.33 Å². The van der Waals surface area contributed by atoms with Crippen LogP contribution < -0.4 is 5.32 Å². The molecule has 0 unspecified atom stereocenters. The fourth-order valence-electron chi connectivity index (χ4n) is 2.90. The lowest BCUT2D eigenvalue weighted by Crippen LogP contribution is -2.30. The number of carbonyl (C=O) groups is 1. The highest BCUT2D eigenvalue weighted by Crippen LogP contribution is 2.35. The van der Waals surface area contributed by atoms with Crippen LogP contribution in [0.1, 0.15) is 43.3 Å². The summed E-state index contributed by atoms with van der Waals surface area (Å²) in [5.41, 5.74) is 0.810. The highest BCUT2D eigenvalue weighted by atomic mass is 16.3. The summed E-state index contributed by atoms with van der Waals surface area (Å²) in [5, 5.41) is 12.1. The number of nitrogens with one attached hydrogen (secondary N) is 1. The standard InChI is InChI=1S/C18H20N4O2/c1-12(16-10-13-4-2-3-5-15(13)24-16)18(23)19-9-8-17-21-20-11-22(17)14-6-7-14/h2-5,10-12,14H,6-9H2,1H3,(H,19,23)/t12-/m1/s1. The van der Waals surface area contributed by atoms with Gasteiger partial charge >= 0.3 is 0 Å². The van der Waals surface area contributed by atoms with Gasteiger partial charge in [-0.25, -0.2) is 0 Å². The van der Waals surface area contributed by atoms with Crippen molar-refractivity contribution in [2.45, 2.75) is 38.1 Å². The maximum atomic E-state index is 12.4. The highest BCUT2D eigenvalue weighted by Gasteiger charge is 2.26. The van der Waals surface area contributed by atoms with Crippen molar-refractivity contribution in [3.8, 4) is 0 Å². The van der Waals surface area contributed by atoms with Gasteiger partial charge in [-0.05, 0) is 31.9 Å². The van der Waals surface area contributed by atoms with Gasteiger partial charge in [0.2, 0.25) is 5.91 Å². The van der Waals surface area contributed by atoms with Crippen LogP contribution in [0.3, 0.4) is 0 Å². The third-order valence-corrected chi connectivity index (χ3v) is 4.50. The fourth-order valence-corrected chi connectivity index (χ4v) is 2.90. The van der Waals surface area contributed by atoms with E-state index >= 15 is 0 Å². The molecule has 4 rings (SSSR count). The molecule has 1 saturated carbocycles. The average molecular weight is 324 g/mol. The van der Waals surface area contributed by atoms with Crippen molar-refractivity contribution in [3.05, 3.63) is 48.2 Å². The molecular weight excluding hydrogens is 304 g/mol. The van der Waals surface area contributed by atoms with Crippen LogP contribution in [0.2, 0.25) is 0 Å². The van der Waals surface area contributed by atoms with Crippen LogP contribution >= 0.6 is 0 Å². The van der Waals surface area contributed by atoms with Gasteiger partial charge in [0.05, 0.1) is 5.92 Å². The van der Waals surface area contributed by atoms with Crippen LogP contribution in [0.15, 0.2) is 41.1 Å². The molecule has 0 bridgehead atoms. The number of benzene rings is 1. The summed E-state index contributed by atoms with van der Waals surface area (Å²) in [6.07, 6.45) is 4.86. The predicted octanol–water partition coefficient (Wildman–Crippen LogP) is 2.82. The van der Waals surface area contributed by atoms with E-state index in [9.17, 15) is 4.79 Å². The number of furan rings is 1. The van der Waals surface area contributed by atoms with Crippen LogP contribution in [0, 0.1) is 0 Å². The molecule has 0 saturated heterocycles. The SMILES string of the molecule is C[C@@H](C(=O)NCCc1nncn1C1CC1)c1cc2ccccc2o1. The van der Waals surface area contributed by atoms with Gasteiger partial charge in [-0.2, -0.15) is 0 Å². The van der Waals surface area contributed by atoms with Crippen molar-refractivity contribution in [3.63, 3.8) is 0 Å². The Morgan fingerprint density at radius 2 is 2.25 bits per heavy atom. The Balaban J connectivity index is 1.36. The van der Waals surface area contributed by atoms with E-state index in [-0.39, 0.29) is 11.8 Å². The second-order valence-electron chi connectivity index (χ2n) is 6.33. The molecule has 1 amide bonds. The molecule has 1 aliphatic carbocycles. The molecule has 0 aliphatic heterocycles. The molecule has 124 valence electrons. The molecule has 1 atom stereocenters. The predicted molar refractivity (Wildman–Crippen MR) is 89.6 cm³/mol. The molecule has 6 nitrogen and oxygen atoms in total. The van der Waals surface area contributed by atoms with E-state index < -0.39 is 0 Å². The van der Waals surface area contributed by atoms with Gasteiger partial charge in [0, 0.05) is 24.4 Å². The van der Waals surface area contributed by atoms with Crippen LogP contribution in [0.25, 0.3) is 11.0 Å². The molecule has 6 heteroatoms. The number of rotatable bonds is 6. The average Bonchev–Trinajstić information content (AvgIpc) is 3.17. The van der Waals surface area contributed by atoms with Crippen molar-refractivity contribution in [1.29, 1.82) is 0 Å². The monoisotopic (exact) mass is 324 g/mol. The summed E-state index contributed by atoms with van der Waals surface area (Å²) in [4.78, 5) is 12.4. The Morgan fingerprint density at radius 1 is 1.42 bits per heavy atom. The zero-order valence-corrected chi connectivity index (χ0v) is 13.6. The molecular formula is C18H20N4O2. The lowest BCUT2D eigenvalue weighted by atomic mass is 10.1. The summed E-state index contributed by atoms with van der Waals surface area (Å²) in [5.74, 6) is 1.27. The largest absolute Gasteiger partial charge is 0.460 e. The third kappa shape index (κ3) is 2.91. The Labute approximate surface area is 139 Å². The molecule has 2 heterocycles. The van der Waals surface area contributed by atoms with Crippen LogP contribution in [-0.2, 0) is 11.2 Å². The molecule has 1 N–H and O–H groups in total. The minimum atomic E-state index is -0.321. The van der Waals surface area contributed by atoms with Crippen molar-refractivity contribution in [2.75, 3.05) is 6.54 Å². The first-order valence-electron chi connectivity index (χ1n) is 8.37. The summed E-state index contributed by atoms with van der Waals surface area (Å²) >= 11 is 0. The number of carbonyl (C=O) groups excluding carboxylic acids is 1. The molecule has 2 aromatic heterocycles. The summed E-state index contributed by atoms with van der Waals surface area (Å²) < 4.78 is 7.89. The normalized spacial score (nSPS) is 15.5. The van der Waals surface area contributed by atoms with E-state index in [2.05, 4.69) is 20.1 Å². The first-order valence-corrected chi connectivity index (χ1v) is 8.37. The number of amides is 1. The summed E-state index contributed by atoms with van der Waals surface area (Å²) in [6, 6.07) is 10.3. The van der Waals surface area contributed by atoms with Crippen LogP contribution in [-0.4, -0.2) is 27.2 Å². The van der Waals surface area contributed by atoms with E-state index in [1.807, 2.05) is 37.3 Å². The van der Waals surface area contributed by atoms with Crippen molar-refractivity contribution >= 4 is 16.9 Å². The Bertz CT molecular complexity index is 830. The number of fused-ring (bicyclic) bond motifs is 1. The van der Waals surface area contributed by atoms with E-state index in [0.29, 0.717) is 24.8 Å².